The zero-order valence-corrected chi connectivity index (χ0v) is 15.6. The first-order valence-electron chi connectivity index (χ1n) is 8.72. The number of esters is 1. The molecule has 1 saturated carbocycles. The smallest absolute Gasteiger partial charge is 0.348 e. The highest BCUT2D eigenvalue weighted by molar-refractivity contribution is 7.20. The van der Waals surface area contributed by atoms with E-state index in [0.717, 1.165) is 27.4 Å². The van der Waals surface area contributed by atoms with Crippen molar-refractivity contribution in [2.24, 2.45) is 5.92 Å². The van der Waals surface area contributed by atoms with Crippen molar-refractivity contribution in [3.8, 4) is 0 Å². The second-order valence-electron chi connectivity index (χ2n) is 6.59. The molecule has 0 aromatic carbocycles. The monoisotopic (exact) mass is 347 g/mol. The number of nitrogens with zero attached hydrogens (tertiary/aromatic N) is 2. The summed E-state index contributed by atoms with van der Waals surface area (Å²) in [5.41, 5.74) is 0.916. The standard InChI is InChI=1S/C18H25N3O2S/c1-5-23-18(22)15-11(3)14-16(19-12(4)20-17(14)24-15)21-13-9-7-6-8-10(13)2/h10,13H,5-9H2,1-4H3,(H,19,20,21). The van der Waals surface area contributed by atoms with Crippen LogP contribution in [0.25, 0.3) is 10.2 Å². The van der Waals surface area contributed by atoms with Crippen LogP contribution in [0.15, 0.2) is 0 Å². The molecule has 0 saturated heterocycles. The lowest BCUT2D eigenvalue weighted by molar-refractivity contribution is 0.0531. The molecular weight excluding hydrogens is 322 g/mol. The second-order valence-corrected chi connectivity index (χ2v) is 7.59. The zero-order valence-electron chi connectivity index (χ0n) is 14.8. The first kappa shape index (κ1) is 17.1. The average molecular weight is 347 g/mol. The van der Waals surface area contributed by atoms with E-state index in [1.54, 1.807) is 0 Å². The Morgan fingerprint density at radius 2 is 2.04 bits per heavy atom. The number of carbonyl (C=O) groups is 1. The summed E-state index contributed by atoms with van der Waals surface area (Å²) >= 11 is 1.40. The van der Waals surface area contributed by atoms with Gasteiger partial charge in [-0.15, -0.1) is 11.3 Å². The van der Waals surface area contributed by atoms with Crippen molar-refractivity contribution in [3.63, 3.8) is 0 Å². The molecular formula is C18H25N3O2S. The van der Waals surface area contributed by atoms with Gasteiger partial charge < -0.3 is 10.1 Å². The number of thiophene rings is 1. The van der Waals surface area contributed by atoms with Gasteiger partial charge in [-0.1, -0.05) is 19.8 Å². The van der Waals surface area contributed by atoms with E-state index in [1.807, 2.05) is 20.8 Å². The van der Waals surface area contributed by atoms with Crippen molar-refractivity contribution >= 4 is 33.3 Å². The Kier molecular flexibility index (Phi) is 5.04. The third-order valence-corrected chi connectivity index (χ3v) is 5.96. The lowest BCUT2D eigenvalue weighted by Gasteiger charge is -2.30. The lowest BCUT2D eigenvalue weighted by atomic mass is 9.86. The first-order valence-corrected chi connectivity index (χ1v) is 9.54. The fourth-order valence-corrected chi connectivity index (χ4v) is 4.57. The zero-order chi connectivity index (χ0) is 17.3. The summed E-state index contributed by atoms with van der Waals surface area (Å²) in [6.45, 7) is 8.35. The van der Waals surface area contributed by atoms with E-state index in [9.17, 15) is 4.79 Å². The second kappa shape index (κ2) is 7.05. The molecule has 1 N–H and O–H groups in total. The molecule has 5 nitrogen and oxygen atoms in total. The number of hydrogen-bond donors (Lipinski definition) is 1. The molecule has 2 aromatic heterocycles. The van der Waals surface area contributed by atoms with Gasteiger partial charge in [-0.05, 0) is 45.1 Å². The van der Waals surface area contributed by atoms with Crippen LogP contribution in [0.2, 0.25) is 0 Å². The summed E-state index contributed by atoms with van der Waals surface area (Å²) in [6.07, 6.45) is 4.98. The molecule has 0 aliphatic heterocycles. The normalized spacial score (nSPS) is 21.0. The summed E-state index contributed by atoms with van der Waals surface area (Å²) in [5.74, 6) is 1.95. The molecule has 2 unspecified atom stereocenters. The molecule has 2 atom stereocenters. The number of fused-ring (bicyclic) bond motifs is 1. The Hall–Kier alpha value is -1.69. The van der Waals surface area contributed by atoms with Crippen LogP contribution in [-0.4, -0.2) is 28.6 Å². The molecule has 24 heavy (non-hydrogen) atoms. The number of hydrogen-bond acceptors (Lipinski definition) is 6. The average Bonchev–Trinajstić information content (AvgIpc) is 2.86. The van der Waals surface area contributed by atoms with Gasteiger partial charge in [0, 0.05) is 6.04 Å². The number of rotatable bonds is 4. The van der Waals surface area contributed by atoms with Crippen LogP contribution in [0.5, 0.6) is 0 Å². The maximum atomic E-state index is 12.2. The molecule has 2 aromatic rings. The van der Waals surface area contributed by atoms with Crippen LogP contribution in [0, 0.1) is 19.8 Å². The van der Waals surface area contributed by atoms with Gasteiger partial charge >= 0.3 is 5.97 Å². The number of anilines is 1. The molecule has 1 fully saturated rings. The minimum Gasteiger partial charge on any atom is -0.462 e. The number of aromatic nitrogens is 2. The van der Waals surface area contributed by atoms with E-state index >= 15 is 0 Å². The molecule has 130 valence electrons. The highest BCUT2D eigenvalue weighted by Crippen LogP contribution is 2.36. The molecule has 0 spiro atoms. The number of carbonyl (C=O) groups excluding carboxylic acids is 1. The van der Waals surface area contributed by atoms with Gasteiger partial charge in [0.15, 0.2) is 0 Å². The number of ether oxygens (including phenoxy) is 1. The van der Waals surface area contributed by atoms with Gasteiger partial charge in [-0.25, -0.2) is 14.8 Å². The molecule has 3 rings (SSSR count). The summed E-state index contributed by atoms with van der Waals surface area (Å²) in [6, 6.07) is 0.432. The highest BCUT2D eigenvalue weighted by Gasteiger charge is 2.25. The topological polar surface area (TPSA) is 64.1 Å². The van der Waals surface area contributed by atoms with Gasteiger partial charge in [0.25, 0.3) is 0 Å². The van der Waals surface area contributed by atoms with Gasteiger partial charge in [0.2, 0.25) is 0 Å². The van der Waals surface area contributed by atoms with Crippen molar-refractivity contribution < 1.29 is 9.53 Å². The Balaban J connectivity index is 2.02. The summed E-state index contributed by atoms with van der Waals surface area (Å²) in [5, 5.41) is 4.61. The van der Waals surface area contributed by atoms with E-state index in [4.69, 9.17) is 4.74 Å². The maximum Gasteiger partial charge on any atom is 0.348 e. The molecule has 2 heterocycles. The molecule has 0 radical (unpaired) electrons. The Labute approximate surface area is 146 Å². The lowest BCUT2D eigenvalue weighted by Crippen LogP contribution is -2.30. The van der Waals surface area contributed by atoms with Gasteiger partial charge in [0.1, 0.15) is 21.3 Å². The molecule has 0 amide bonds. The van der Waals surface area contributed by atoms with E-state index in [-0.39, 0.29) is 5.97 Å². The largest absolute Gasteiger partial charge is 0.462 e. The van der Waals surface area contributed by atoms with E-state index in [2.05, 4.69) is 22.2 Å². The minimum atomic E-state index is -0.271. The predicted octanol–water partition coefficient (Wildman–Crippen LogP) is 4.48. The van der Waals surface area contributed by atoms with Crippen LogP contribution in [0.1, 0.15) is 60.6 Å². The Morgan fingerprint density at radius 3 is 2.75 bits per heavy atom. The van der Waals surface area contributed by atoms with Crippen molar-refractivity contribution in [1.29, 1.82) is 0 Å². The number of aryl methyl sites for hydroxylation is 2. The minimum absolute atomic E-state index is 0.271. The Morgan fingerprint density at radius 1 is 1.29 bits per heavy atom. The molecule has 0 bridgehead atoms. The highest BCUT2D eigenvalue weighted by atomic mass is 32.1. The van der Waals surface area contributed by atoms with Crippen molar-refractivity contribution in [2.75, 3.05) is 11.9 Å². The maximum absolute atomic E-state index is 12.2. The first-order chi connectivity index (χ1) is 11.5. The van der Waals surface area contributed by atoms with E-state index in [0.29, 0.717) is 23.4 Å². The van der Waals surface area contributed by atoms with Crippen LogP contribution >= 0.6 is 11.3 Å². The number of nitrogens with one attached hydrogen (secondary N) is 1. The SMILES string of the molecule is CCOC(=O)c1sc2nc(C)nc(NC3CCCCC3C)c2c1C. The van der Waals surface area contributed by atoms with Crippen molar-refractivity contribution in [1.82, 2.24) is 9.97 Å². The molecule has 1 aliphatic rings. The molecule has 6 heteroatoms. The van der Waals surface area contributed by atoms with E-state index in [1.165, 1.54) is 37.0 Å². The van der Waals surface area contributed by atoms with Crippen LogP contribution in [0.3, 0.4) is 0 Å². The quantitative estimate of drug-likeness (QED) is 0.826. The fourth-order valence-electron chi connectivity index (χ4n) is 3.45. The van der Waals surface area contributed by atoms with Gasteiger partial charge in [0.05, 0.1) is 12.0 Å². The molecule has 1 aliphatic carbocycles. The van der Waals surface area contributed by atoms with Crippen molar-refractivity contribution in [2.45, 2.75) is 59.4 Å². The predicted molar refractivity (Wildman–Crippen MR) is 97.9 cm³/mol. The van der Waals surface area contributed by atoms with Gasteiger partial charge in [-0.3, -0.25) is 0 Å². The summed E-state index contributed by atoms with van der Waals surface area (Å²) < 4.78 is 5.18. The van der Waals surface area contributed by atoms with Crippen LogP contribution in [0.4, 0.5) is 5.82 Å². The Bertz CT molecular complexity index is 756. The van der Waals surface area contributed by atoms with E-state index < -0.39 is 0 Å². The van der Waals surface area contributed by atoms with Gasteiger partial charge in [-0.2, -0.15) is 0 Å². The summed E-state index contributed by atoms with van der Waals surface area (Å²) in [4.78, 5) is 22.9. The third-order valence-electron chi connectivity index (χ3n) is 4.80. The van der Waals surface area contributed by atoms with Crippen LogP contribution in [-0.2, 0) is 4.74 Å². The van der Waals surface area contributed by atoms with Crippen LogP contribution < -0.4 is 5.32 Å². The fraction of sp³-hybridized carbons (Fsp3) is 0.611. The summed E-state index contributed by atoms with van der Waals surface area (Å²) in [7, 11) is 0. The third kappa shape index (κ3) is 3.24. The van der Waals surface area contributed by atoms with Crippen molar-refractivity contribution in [3.05, 3.63) is 16.3 Å².